The van der Waals surface area contributed by atoms with Gasteiger partial charge < -0.3 is 10.5 Å². The average Bonchev–Trinajstić information content (AvgIpc) is 2.27. The number of hydrogen-bond acceptors (Lipinski definition) is 2. The van der Waals surface area contributed by atoms with Gasteiger partial charge in [-0.25, -0.2) is 0 Å². The molecule has 3 heteroatoms. The highest BCUT2D eigenvalue weighted by Crippen LogP contribution is 2.23. The van der Waals surface area contributed by atoms with E-state index in [-0.39, 0.29) is 0 Å². The molecule has 2 aromatic carbocycles. The lowest BCUT2D eigenvalue weighted by atomic mass is 10.0. The van der Waals surface area contributed by atoms with Crippen LogP contribution in [0.15, 0.2) is 36.4 Å². The molecule has 0 aliphatic rings. The largest absolute Gasteiger partial charge is 0.497 e. The lowest BCUT2D eigenvalue weighted by Gasteiger charge is -2.05. The van der Waals surface area contributed by atoms with E-state index in [1.807, 2.05) is 30.3 Å². The van der Waals surface area contributed by atoms with Crippen molar-refractivity contribution >= 4 is 16.7 Å². The molecule has 0 fully saturated rings. The van der Waals surface area contributed by atoms with Crippen LogP contribution in [0, 0.1) is 0 Å². The monoisotopic (exact) mass is 201 g/mol. The Bertz CT molecular complexity index is 520. The van der Waals surface area contributed by atoms with E-state index in [2.05, 4.69) is 0 Å². The van der Waals surface area contributed by atoms with E-state index in [0.717, 1.165) is 16.5 Å². The highest BCUT2D eigenvalue weighted by atomic mass is 16.5. The number of carbonyl (C=O) groups is 1. The Labute approximate surface area is 87.5 Å². The van der Waals surface area contributed by atoms with Gasteiger partial charge in [-0.15, -0.1) is 0 Å². The van der Waals surface area contributed by atoms with Gasteiger partial charge in [-0.2, -0.15) is 0 Å². The van der Waals surface area contributed by atoms with Crippen molar-refractivity contribution in [2.75, 3.05) is 7.11 Å². The van der Waals surface area contributed by atoms with Crippen molar-refractivity contribution in [3.05, 3.63) is 42.0 Å². The topological polar surface area (TPSA) is 52.3 Å². The Kier molecular flexibility index (Phi) is 2.29. The minimum absolute atomic E-state index is 0.422. The molecular weight excluding hydrogens is 190 g/mol. The van der Waals surface area contributed by atoms with Crippen LogP contribution in [-0.4, -0.2) is 13.0 Å². The first-order valence-electron chi connectivity index (χ1n) is 4.59. The van der Waals surface area contributed by atoms with Gasteiger partial charge in [-0.1, -0.05) is 18.2 Å². The van der Waals surface area contributed by atoms with Crippen LogP contribution in [0.5, 0.6) is 5.75 Å². The summed E-state index contributed by atoms with van der Waals surface area (Å²) < 4.78 is 5.10. The minimum Gasteiger partial charge on any atom is -0.497 e. The zero-order chi connectivity index (χ0) is 10.8. The zero-order valence-electron chi connectivity index (χ0n) is 8.36. The number of fused-ring (bicyclic) bond motifs is 1. The maximum absolute atomic E-state index is 11.2. The van der Waals surface area contributed by atoms with Crippen LogP contribution in [0.4, 0.5) is 0 Å². The first-order valence-corrected chi connectivity index (χ1v) is 4.59. The summed E-state index contributed by atoms with van der Waals surface area (Å²) in [6.07, 6.45) is 0. The molecule has 0 heterocycles. The van der Waals surface area contributed by atoms with Gasteiger partial charge in [0.25, 0.3) is 0 Å². The Morgan fingerprint density at radius 3 is 2.73 bits per heavy atom. The molecule has 0 aliphatic heterocycles. The number of amides is 1. The molecule has 76 valence electrons. The van der Waals surface area contributed by atoms with Gasteiger partial charge in [0, 0.05) is 5.56 Å². The smallest absolute Gasteiger partial charge is 0.249 e. The summed E-state index contributed by atoms with van der Waals surface area (Å²) in [6, 6.07) is 11.0. The van der Waals surface area contributed by atoms with E-state index < -0.39 is 5.91 Å². The van der Waals surface area contributed by atoms with E-state index in [1.165, 1.54) is 0 Å². The van der Waals surface area contributed by atoms with Crippen LogP contribution in [-0.2, 0) is 0 Å². The van der Waals surface area contributed by atoms with Gasteiger partial charge in [0.1, 0.15) is 5.75 Å². The SMILES string of the molecule is COc1ccc2cccc(C(N)=O)c2c1. The van der Waals surface area contributed by atoms with Gasteiger partial charge in [0.2, 0.25) is 5.91 Å². The molecular formula is C12H11NO2. The highest BCUT2D eigenvalue weighted by Gasteiger charge is 2.06. The van der Waals surface area contributed by atoms with Crippen LogP contribution < -0.4 is 10.5 Å². The lowest BCUT2D eigenvalue weighted by molar-refractivity contribution is 0.100. The normalized spacial score (nSPS) is 10.2. The summed E-state index contributed by atoms with van der Waals surface area (Å²) in [4.78, 5) is 11.2. The van der Waals surface area contributed by atoms with E-state index in [4.69, 9.17) is 10.5 Å². The number of hydrogen-bond donors (Lipinski definition) is 1. The molecule has 2 rings (SSSR count). The molecule has 0 unspecified atom stereocenters. The van der Waals surface area contributed by atoms with Gasteiger partial charge in [0.05, 0.1) is 7.11 Å². The maximum atomic E-state index is 11.2. The van der Waals surface area contributed by atoms with Gasteiger partial charge in [-0.3, -0.25) is 4.79 Å². The third-order valence-electron chi connectivity index (χ3n) is 2.35. The average molecular weight is 201 g/mol. The van der Waals surface area contributed by atoms with Crippen molar-refractivity contribution in [3.63, 3.8) is 0 Å². The summed E-state index contributed by atoms with van der Waals surface area (Å²) in [5, 5.41) is 1.80. The van der Waals surface area contributed by atoms with Gasteiger partial charge >= 0.3 is 0 Å². The van der Waals surface area contributed by atoms with E-state index >= 15 is 0 Å². The van der Waals surface area contributed by atoms with Crippen LogP contribution in [0.1, 0.15) is 10.4 Å². The second-order valence-electron chi connectivity index (χ2n) is 3.26. The lowest BCUT2D eigenvalue weighted by Crippen LogP contribution is -2.11. The summed E-state index contributed by atoms with van der Waals surface area (Å²) in [5.74, 6) is 0.296. The zero-order valence-corrected chi connectivity index (χ0v) is 8.36. The number of ether oxygens (including phenoxy) is 1. The molecule has 0 atom stereocenters. The number of nitrogens with two attached hydrogens (primary N) is 1. The summed E-state index contributed by atoms with van der Waals surface area (Å²) in [7, 11) is 1.59. The Morgan fingerprint density at radius 1 is 1.27 bits per heavy atom. The second kappa shape index (κ2) is 3.61. The summed E-state index contributed by atoms with van der Waals surface area (Å²) in [5.41, 5.74) is 5.81. The fourth-order valence-electron chi connectivity index (χ4n) is 1.59. The molecule has 2 N–H and O–H groups in total. The highest BCUT2D eigenvalue weighted by molar-refractivity contribution is 6.06. The first-order chi connectivity index (χ1) is 7.22. The van der Waals surface area contributed by atoms with E-state index in [9.17, 15) is 4.79 Å². The Morgan fingerprint density at radius 2 is 2.07 bits per heavy atom. The predicted molar refractivity (Wildman–Crippen MR) is 59.0 cm³/mol. The molecule has 3 nitrogen and oxygen atoms in total. The van der Waals surface area contributed by atoms with Crippen LogP contribution in [0.2, 0.25) is 0 Å². The second-order valence-corrected chi connectivity index (χ2v) is 3.26. The van der Waals surface area contributed by atoms with Crippen molar-refractivity contribution in [3.8, 4) is 5.75 Å². The first kappa shape index (κ1) is 9.52. The molecule has 2 aromatic rings. The minimum atomic E-state index is -0.422. The van der Waals surface area contributed by atoms with E-state index in [0.29, 0.717) is 5.56 Å². The third kappa shape index (κ3) is 1.64. The summed E-state index contributed by atoms with van der Waals surface area (Å²) in [6.45, 7) is 0. The molecule has 0 radical (unpaired) electrons. The standard InChI is InChI=1S/C12H11NO2/c1-15-9-6-5-8-3-2-4-10(12(13)14)11(8)7-9/h2-7H,1H3,(H2,13,14). The molecule has 1 amide bonds. The Balaban J connectivity index is 2.76. The van der Waals surface area contributed by atoms with Crippen LogP contribution in [0.25, 0.3) is 10.8 Å². The molecule has 15 heavy (non-hydrogen) atoms. The fraction of sp³-hybridized carbons (Fsp3) is 0.0833. The molecule has 0 saturated carbocycles. The molecule has 0 spiro atoms. The fourth-order valence-corrected chi connectivity index (χ4v) is 1.59. The van der Waals surface area contributed by atoms with Crippen molar-refractivity contribution in [1.82, 2.24) is 0 Å². The van der Waals surface area contributed by atoms with Crippen molar-refractivity contribution < 1.29 is 9.53 Å². The summed E-state index contributed by atoms with van der Waals surface area (Å²) >= 11 is 0. The number of primary amides is 1. The maximum Gasteiger partial charge on any atom is 0.249 e. The number of rotatable bonds is 2. The third-order valence-corrected chi connectivity index (χ3v) is 2.35. The van der Waals surface area contributed by atoms with Crippen LogP contribution in [0.3, 0.4) is 0 Å². The van der Waals surface area contributed by atoms with Crippen molar-refractivity contribution in [1.29, 1.82) is 0 Å². The van der Waals surface area contributed by atoms with Gasteiger partial charge in [0.15, 0.2) is 0 Å². The number of carbonyl (C=O) groups excluding carboxylic acids is 1. The number of methoxy groups -OCH3 is 1. The van der Waals surface area contributed by atoms with Crippen LogP contribution >= 0.6 is 0 Å². The van der Waals surface area contributed by atoms with E-state index in [1.54, 1.807) is 13.2 Å². The molecule has 0 bridgehead atoms. The molecule has 0 aliphatic carbocycles. The number of benzene rings is 2. The Hall–Kier alpha value is -2.03. The van der Waals surface area contributed by atoms with Crippen molar-refractivity contribution in [2.45, 2.75) is 0 Å². The predicted octanol–water partition coefficient (Wildman–Crippen LogP) is 1.95. The quantitative estimate of drug-likeness (QED) is 0.807. The van der Waals surface area contributed by atoms with Crippen molar-refractivity contribution in [2.24, 2.45) is 5.73 Å². The van der Waals surface area contributed by atoms with Gasteiger partial charge in [-0.05, 0) is 29.0 Å². The molecule has 0 aromatic heterocycles. The molecule has 0 saturated heterocycles.